The maximum Gasteiger partial charge on any atom is 0.132 e. The van der Waals surface area contributed by atoms with E-state index in [1.54, 1.807) is 0 Å². The van der Waals surface area contributed by atoms with Crippen molar-refractivity contribution < 1.29 is 4.74 Å². The molecule has 1 N–H and O–H groups in total. The smallest absolute Gasteiger partial charge is 0.132 e. The number of hydrogen-bond donors (Lipinski definition) is 1. The quantitative estimate of drug-likeness (QED) is 0.863. The van der Waals surface area contributed by atoms with Crippen LogP contribution in [0.3, 0.4) is 0 Å². The monoisotopic (exact) mass is 279 g/mol. The van der Waals surface area contributed by atoms with Crippen LogP contribution in [0.2, 0.25) is 0 Å². The van der Waals surface area contributed by atoms with Gasteiger partial charge in [0.05, 0.1) is 6.04 Å². The van der Waals surface area contributed by atoms with Gasteiger partial charge in [-0.2, -0.15) is 0 Å². The molecular formula is C19H21NO. The number of fused-ring (bicyclic) bond motifs is 2. The third-order valence-corrected chi connectivity index (χ3v) is 4.92. The summed E-state index contributed by atoms with van der Waals surface area (Å²) >= 11 is 0. The van der Waals surface area contributed by atoms with Gasteiger partial charge in [-0.3, -0.25) is 0 Å². The Morgan fingerprint density at radius 3 is 2.10 bits per heavy atom. The Balaban J connectivity index is 1.74. The van der Waals surface area contributed by atoms with Gasteiger partial charge in [-0.25, -0.2) is 0 Å². The molecule has 21 heavy (non-hydrogen) atoms. The van der Waals surface area contributed by atoms with E-state index >= 15 is 0 Å². The lowest BCUT2D eigenvalue weighted by atomic mass is 9.92. The minimum atomic E-state index is 0.247. The number of benzene rings is 2. The average molecular weight is 279 g/mol. The van der Waals surface area contributed by atoms with Gasteiger partial charge in [-0.15, -0.1) is 0 Å². The zero-order chi connectivity index (χ0) is 14.2. The second-order valence-electron chi connectivity index (χ2n) is 6.29. The minimum absolute atomic E-state index is 0.247. The highest BCUT2D eigenvalue weighted by atomic mass is 16.5. The molecule has 0 amide bonds. The molecule has 1 aliphatic heterocycles. The maximum atomic E-state index is 6.06. The first-order valence-electron chi connectivity index (χ1n) is 7.94. The van der Waals surface area contributed by atoms with Crippen molar-refractivity contribution in [3.63, 3.8) is 0 Å². The van der Waals surface area contributed by atoms with Crippen molar-refractivity contribution in [1.29, 1.82) is 0 Å². The van der Waals surface area contributed by atoms with Gasteiger partial charge in [-0.05, 0) is 30.9 Å². The normalized spacial score (nSPS) is 24.2. The predicted octanol–water partition coefficient (Wildman–Crippen LogP) is 4.66. The molecule has 4 rings (SSSR count). The van der Waals surface area contributed by atoms with Gasteiger partial charge >= 0.3 is 0 Å². The highest BCUT2D eigenvalue weighted by molar-refractivity contribution is 5.52. The molecular weight excluding hydrogens is 258 g/mol. The van der Waals surface area contributed by atoms with Gasteiger partial charge in [0.15, 0.2) is 0 Å². The molecule has 1 saturated carbocycles. The zero-order valence-corrected chi connectivity index (χ0v) is 12.4. The summed E-state index contributed by atoms with van der Waals surface area (Å²) in [5.41, 5.74) is 2.52. The molecule has 0 aromatic heterocycles. The molecule has 1 fully saturated rings. The summed E-state index contributed by atoms with van der Waals surface area (Å²) in [6.07, 6.45) is 3.96. The maximum absolute atomic E-state index is 6.06. The molecule has 2 atom stereocenters. The topological polar surface area (TPSA) is 21.3 Å². The Morgan fingerprint density at radius 2 is 1.52 bits per heavy atom. The van der Waals surface area contributed by atoms with Crippen molar-refractivity contribution in [2.45, 2.75) is 38.3 Å². The van der Waals surface area contributed by atoms with E-state index in [9.17, 15) is 0 Å². The fourth-order valence-corrected chi connectivity index (χ4v) is 3.70. The van der Waals surface area contributed by atoms with Crippen LogP contribution in [-0.2, 0) is 0 Å². The van der Waals surface area contributed by atoms with E-state index < -0.39 is 0 Å². The van der Waals surface area contributed by atoms with Crippen LogP contribution in [0.1, 0.15) is 43.4 Å². The van der Waals surface area contributed by atoms with Gasteiger partial charge in [0.2, 0.25) is 0 Å². The summed E-state index contributed by atoms with van der Waals surface area (Å²) in [7, 11) is 0. The molecule has 0 spiro atoms. The number of nitrogens with one attached hydrogen (secondary N) is 1. The highest BCUT2D eigenvalue weighted by Gasteiger charge is 2.31. The number of ether oxygens (including phenoxy) is 1. The molecule has 2 heteroatoms. The van der Waals surface area contributed by atoms with E-state index in [2.05, 4.69) is 48.6 Å². The standard InChI is InChI=1S/C19H21NO/c1-13-7-6-10-16(13)20-19-14-8-2-4-11-17(14)21-18-12-5-3-9-15(18)19/h2-5,8-9,11-13,16,19-20H,6-7,10H2,1H3. The van der Waals surface area contributed by atoms with Crippen molar-refractivity contribution in [3.8, 4) is 11.5 Å². The second kappa shape index (κ2) is 5.19. The predicted molar refractivity (Wildman–Crippen MR) is 84.7 cm³/mol. The van der Waals surface area contributed by atoms with Crippen LogP contribution in [0.4, 0.5) is 0 Å². The Bertz CT molecular complexity index is 606. The van der Waals surface area contributed by atoms with Crippen molar-refractivity contribution in [3.05, 3.63) is 59.7 Å². The van der Waals surface area contributed by atoms with E-state index in [-0.39, 0.29) is 6.04 Å². The molecule has 108 valence electrons. The Labute approximate surface area is 126 Å². The lowest BCUT2D eigenvalue weighted by Gasteiger charge is -2.32. The van der Waals surface area contributed by atoms with Crippen molar-refractivity contribution in [2.24, 2.45) is 5.92 Å². The summed E-state index contributed by atoms with van der Waals surface area (Å²) in [6, 6.07) is 17.6. The van der Waals surface area contributed by atoms with Crippen molar-refractivity contribution >= 4 is 0 Å². The summed E-state index contributed by atoms with van der Waals surface area (Å²) < 4.78 is 6.06. The summed E-state index contributed by atoms with van der Waals surface area (Å²) in [4.78, 5) is 0. The molecule has 2 unspecified atom stereocenters. The van der Waals surface area contributed by atoms with Crippen LogP contribution in [0.5, 0.6) is 11.5 Å². The minimum Gasteiger partial charge on any atom is -0.457 e. The van der Waals surface area contributed by atoms with E-state index in [0.29, 0.717) is 6.04 Å². The average Bonchev–Trinajstić information content (AvgIpc) is 2.92. The molecule has 0 saturated heterocycles. The lowest BCUT2D eigenvalue weighted by Crippen LogP contribution is -2.36. The second-order valence-corrected chi connectivity index (χ2v) is 6.29. The third kappa shape index (κ3) is 2.24. The van der Waals surface area contributed by atoms with Gasteiger partial charge in [-0.1, -0.05) is 49.7 Å². The van der Waals surface area contributed by atoms with Crippen LogP contribution in [0.25, 0.3) is 0 Å². The largest absolute Gasteiger partial charge is 0.457 e. The van der Waals surface area contributed by atoms with E-state index in [1.165, 1.54) is 30.4 Å². The number of hydrogen-bond acceptors (Lipinski definition) is 2. The van der Waals surface area contributed by atoms with Gasteiger partial charge in [0.25, 0.3) is 0 Å². The van der Waals surface area contributed by atoms with E-state index in [0.717, 1.165) is 17.4 Å². The van der Waals surface area contributed by atoms with Gasteiger partial charge in [0, 0.05) is 17.2 Å². The first-order chi connectivity index (χ1) is 10.3. The van der Waals surface area contributed by atoms with Gasteiger partial charge < -0.3 is 10.1 Å². The van der Waals surface area contributed by atoms with Crippen molar-refractivity contribution in [1.82, 2.24) is 5.32 Å². The fraction of sp³-hybridized carbons (Fsp3) is 0.368. The molecule has 2 aromatic carbocycles. The van der Waals surface area contributed by atoms with Gasteiger partial charge in [0.1, 0.15) is 11.5 Å². The van der Waals surface area contributed by atoms with Crippen LogP contribution in [0.15, 0.2) is 48.5 Å². The van der Waals surface area contributed by atoms with E-state index in [4.69, 9.17) is 4.74 Å². The molecule has 2 nitrogen and oxygen atoms in total. The molecule has 2 aliphatic rings. The van der Waals surface area contributed by atoms with Crippen LogP contribution < -0.4 is 10.1 Å². The zero-order valence-electron chi connectivity index (χ0n) is 12.4. The Morgan fingerprint density at radius 1 is 0.905 bits per heavy atom. The summed E-state index contributed by atoms with van der Waals surface area (Å²) in [6.45, 7) is 2.36. The van der Waals surface area contributed by atoms with Crippen LogP contribution in [0, 0.1) is 5.92 Å². The molecule has 0 radical (unpaired) electrons. The molecule has 1 aliphatic carbocycles. The summed E-state index contributed by atoms with van der Waals surface area (Å²) in [5, 5.41) is 3.90. The molecule has 1 heterocycles. The van der Waals surface area contributed by atoms with Crippen LogP contribution in [-0.4, -0.2) is 6.04 Å². The van der Waals surface area contributed by atoms with Crippen LogP contribution >= 0.6 is 0 Å². The number of rotatable bonds is 2. The van der Waals surface area contributed by atoms with Crippen molar-refractivity contribution in [2.75, 3.05) is 0 Å². The Kier molecular flexibility index (Phi) is 3.19. The first kappa shape index (κ1) is 12.9. The third-order valence-electron chi connectivity index (χ3n) is 4.92. The highest BCUT2D eigenvalue weighted by Crippen LogP contribution is 2.43. The Hall–Kier alpha value is -1.80. The summed E-state index contributed by atoms with van der Waals surface area (Å²) in [5.74, 6) is 2.73. The first-order valence-corrected chi connectivity index (χ1v) is 7.94. The fourth-order valence-electron chi connectivity index (χ4n) is 3.70. The van der Waals surface area contributed by atoms with E-state index in [1.807, 2.05) is 12.1 Å². The SMILES string of the molecule is CC1CCCC1NC1c2ccccc2Oc2ccccc21. The lowest BCUT2D eigenvalue weighted by molar-refractivity contribution is 0.369. The molecule has 0 bridgehead atoms. The molecule has 2 aromatic rings. The number of para-hydroxylation sites is 2.